The summed E-state index contributed by atoms with van der Waals surface area (Å²) >= 11 is 0. The van der Waals surface area contributed by atoms with Crippen molar-refractivity contribution in [3.8, 4) is 0 Å². The first-order valence-corrected chi connectivity index (χ1v) is 9.06. The van der Waals surface area contributed by atoms with Gasteiger partial charge >= 0.3 is 0 Å². The molecule has 1 aliphatic carbocycles. The number of nitrogens with one attached hydrogen (secondary N) is 1. The lowest BCUT2D eigenvalue weighted by Crippen LogP contribution is -2.46. The summed E-state index contributed by atoms with van der Waals surface area (Å²) in [6.45, 7) is 9.40. The molecule has 1 amide bonds. The molecule has 2 fully saturated rings. The molecule has 3 heteroatoms. The molecule has 23 heavy (non-hydrogen) atoms. The van der Waals surface area contributed by atoms with Crippen molar-refractivity contribution in [3.05, 3.63) is 35.4 Å². The zero-order valence-corrected chi connectivity index (χ0v) is 14.8. The van der Waals surface area contributed by atoms with Crippen LogP contribution >= 0.6 is 0 Å². The molecule has 0 bridgehead atoms. The van der Waals surface area contributed by atoms with Crippen LogP contribution in [-0.2, 0) is 0 Å². The summed E-state index contributed by atoms with van der Waals surface area (Å²) in [5, 5.41) is 3.41. The molecule has 1 aromatic carbocycles. The number of nitrogens with zero attached hydrogens (tertiary/aromatic N) is 1. The van der Waals surface area contributed by atoms with E-state index in [4.69, 9.17) is 0 Å². The Morgan fingerprint density at radius 3 is 2.52 bits per heavy atom. The molecule has 0 radical (unpaired) electrons. The molecule has 3 nitrogen and oxygen atoms in total. The number of rotatable bonds is 4. The number of hydrogen-bond acceptors (Lipinski definition) is 2. The third kappa shape index (κ3) is 3.77. The minimum atomic E-state index is 0.115. The van der Waals surface area contributed by atoms with Gasteiger partial charge < -0.3 is 10.2 Å². The van der Waals surface area contributed by atoms with Gasteiger partial charge in [0.25, 0.3) is 5.91 Å². The maximum Gasteiger partial charge on any atom is 0.254 e. The molecule has 1 heterocycles. The van der Waals surface area contributed by atoms with Crippen molar-refractivity contribution in [2.45, 2.75) is 58.4 Å². The van der Waals surface area contributed by atoms with E-state index in [1.54, 1.807) is 0 Å². The van der Waals surface area contributed by atoms with Crippen LogP contribution in [0.15, 0.2) is 24.3 Å². The Morgan fingerprint density at radius 2 is 1.96 bits per heavy atom. The highest BCUT2D eigenvalue weighted by Gasteiger charge is 2.33. The average molecular weight is 314 g/mol. The predicted molar refractivity (Wildman–Crippen MR) is 94.8 cm³/mol. The number of benzene rings is 1. The monoisotopic (exact) mass is 314 g/mol. The topological polar surface area (TPSA) is 32.3 Å². The van der Waals surface area contributed by atoms with Crippen LogP contribution in [0, 0.1) is 5.41 Å². The van der Waals surface area contributed by atoms with Crippen LogP contribution in [0.3, 0.4) is 0 Å². The van der Waals surface area contributed by atoms with Crippen molar-refractivity contribution < 1.29 is 4.79 Å². The van der Waals surface area contributed by atoms with Crippen molar-refractivity contribution in [2.24, 2.45) is 5.41 Å². The second-order valence-corrected chi connectivity index (χ2v) is 8.36. The van der Waals surface area contributed by atoms with E-state index in [1.165, 1.54) is 24.8 Å². The number of carbonyl (C=O) groups is 1. The first kappa shape index (κ1) is 16.5. The highest BCUT2D eigenvalue weighted by Crippen LogP contribution is 2.38. The summed E-state index contributed by atoms with van der Waals surface area (Å²) in [5.74, 6) is 0.824. The third-order valence-corrected chi connectivity index (χ3v) is 5.12. The van der Waals surface area contributed by atoms with Crippen molar-refractivity contribution in [1.82, 2.24) is 10.2 Å². The Labute approximate surface area is 140 Å². The number of amides is 1. The molecule has 1 saturated carbocycles. The number of hydrogen-bond donors (Lipinski definition) is 1. The maximum atomic E-state index is 13.4. The average Bonchev–Trinajstić information content (AvgIpc) is 2.96. The zero-order chi connectivity index (χ0) is 16.4. The normalized spacial score (nSPS) is 22.0. The lowest BCUT2D eigenvalue weighted by atomic mass is 9.78. The summed E-state index contributed by atoms with van der Waals surface area (Å²) < 4.78 is 0. The number of carbonyl (C=O) groups excluding carboxylic acids is 1. The van der Waals surface area contributed by atoms with Crippen molar-refractivity contribution in [3.63, 3.8) is 0 Å². The predicted octanol–water partition coefficient (Wildman–Crippen LogP) is 3.80. The van der Waals surface area contributed by atoms with Gasteiger partial charge in [-0.2, -0.15) is 0 Å². The first-order chi connectivity index (χ1) is 11.0. The fourth-order valence-corrected chi connectivity index (χ4v) is 3.70. The Bertz CT molecular complexity index is 551. The van der Waals surface area contributed by atoms with E-state index < -0.39 is 0 Å². The maximum absolute atomic E-state index is 13.4. The van der Waals surface area contributed by atoms with Gasteiger partial charge in [0.15, 0.2) is 0 Å². The molecule has 1 atom stereocenters. The summed E-state index contributed by atoms with van der Waals surface area (Å²) in [4.78, 5) is 15.5. The van der Waals surface area contributed by atoms with E-state index in [2.05, 4.69) is 43.1 Å². The van der Waals surface area contributed by atoms with E-state index in [1.807, 2.05) is 12.1 Å². The molecule has 1 N–H and O–H groups in total. The van der Waals surface area contributed by atoms with Crippen LogP contribution in [0.4, 0.5) is 0 Å². The molecule has 0 spiro atoms. The second kappa shape index (κ2) is 6.64. The highest BCUT2D eigenvalue weighted by atomic mass is 16.2. The van der Waals surface area contributed by atoms with Gasteiger partial charge in [0.1, 0.15) is 0 Å². The molecule has 1 aliphatic heterocycles. The Kier molecular flexibility index (Phi) is 4.77. The molecule has 126 valence electrons. The highest BCUT2D eigenvalue weighted by molar-refractivity contribution is 5.96. The Morgan fingerprint density at radius 1 is 1.22 bits per heavy atom. The van der Waals surface area contributed by atoms with Gasteiger partial charge in [-0.3, -0.25) is 4.79 Å². The molecule has 0 aromatic heterocycles. The van der Waals surface area contributed by atoms with Gasteiger partial charge in [-0.1, -0.05) is 45.4 Å². The summed E-state index contributed by atoms with van der Waals surface area (Å²) in [7, 11) is 0. The summed E-state index contributed by atoms with van der Waals surface area (Å²) in [6.07, 6.45) is 4.82. The molecule has 2 aliphatic rings. The van der Waals surface area contributed by atoms with E-state index in [0.717, 1.165) is 31.6 Å². The van der Waals surface area contributed by atoms with Gasteiger partial charge in [0.05, 0.1) is 0 Å². The van der Waals surface area contributed by atoms with E-state index in [0.29, 0.717) is 12.0 Å². The van der Waals surface area contributed by atoms with Gasteiger partial charge in [0.2, 0.25) is 0 Å². The van der Waals surface area contributed by atoms with Crippen molar-refractivity contribution in [1.29, 1.82) is 0 Å². The van der Waals surface area contributed by atoms with Crippen LogP contribution in [0.2, 0.25) is 0 Å². The zero-order valence-electron chi connectivity index (χ0n) is 14.8. The second-order valence-electron chi connectivity index (χ2n) is 8.36. The van der Waals surface area contributed by atoms with Crippen LogP contribution < -0.4 is 5.32 Å². The van der Waals surface area contributed by atoms with Gasteiger partial charge in [-0.25, -0.2) is 0 Å². The standard InChI is InChI=1S/C20H30N2O/c1-20(2,3)14-22(16-11-12-21-13-16)19(23)18-10-5-4-9-17(18)15-7-6-8-15/h4-5,9-10,15-16,21H,6-8,11-14H2,1-3H3. The van der Waals surface area contributed by atoms with Crippen LogP contribution in [0.5, 0.6) is 0 Å². The van der Waals surface area contributed by atoms with Crippen molar-refractivity contribution in [2.75, 3.05) is 19.6 Å². The van der Waals surface area contributed by atoms with E-state index in [-0.39, 0.29) is 11.3 Å². The Balaban J connectivity index is 1.88. The molecule has 1 unspecified atom stereocenters. The summed E-state index contributed by atoms with van der Waals surface area (Å²) in [5.41, 5.74) is 2.32. The molecular formula is C20H30N2O. The van der Waals surface area contributed by atoms with Crippen molar-refractivity contribution >= 4 is 5.91 Å². The smallest absolute Gasteiger partial charge is 0.254 e. The fraction of sp³-hybridized carbons (Fsp3) is 0.650. The molecule has 3 rings (SSSR count). The largest absolute Gasteiger partial charge is 0.334 e. The summed E-state index contributed by atoms with van der Waals surface area (Å²) in [6, 6.07) is 8.62. The van der Waals surface area contributed by atoms with Gasteiger partial charge in [-0.15, -0.1) is 0 Å². The van der Waals surface area contributed by atoms with E-state index in [9.17, 15) is 4.79 Å². The first-order valence-electron chi connectivity index (χ1n) is 9.06. The minimum Gasteiger partial charge on any atom is -0.334 e. The van der Waals surface area contributed by atoms with E-state index >= 15 is 0 Å². The minimum absolute atomic E-state index is 0.115. The van der Waals surface area contributed by atoms with Crippen LogP contribution in [0.1, 0.15) is 68.3 Å². The SMILES string of the molecule is CC(C)(C)CN(C(=O)c1ccccc1C1CCC1)C1CCNC1. The molecule has 1 aromatic rings. The molecular weight excluding hydrogens is 284 g/mol. The quantitative estimate of drug-likeness (QED) is 0.916. The van der Waals surface area contributed by atoms with Gasteiger partial charge in [-0.05, 0) is 48.8 Å². The fourth-order valence-electron chi connectivity index (χ4n) is 3.70. The van der Waals surface area contributed by atoms with Crippen LogP contribution in [0.25, 0.3) is 0 Å². The third-order valence-electron chi connectivity index (χ3n) is 5.12. The van der Waals surface area contributed by atoms with Crippen LogP contribution in [-0.4, -0.2) is 36.5 Å². The van der Waals surface area contributed by atoms with Gasteiger partial charge in [0, 0.05) is 24.7 Å². The molecule has 1 saturated heterocycles. The lowest BCUT2D eigenvalue weighted by Gasteiger charge is -2.36. The lowest BCUT2D eigenvalue weighted by molar-refractivity contribution is 0.0613. The Hall–Kier alpha value is -1.35.